The van der Waals surface area contributed by atoms with Crippen LogP contribution in [0.25, 0.3) is 16.8 Å². The van der Waals surface area contributed by atoms with Gasteiger partial charge in [-0.05, 0) is 43.2 Å². The molecular weight excluding hydrogens is 408 g/mol. The number of benzene rings is 2. The van der Waals surface area contributed by atoms with Gasteiger partial charge >= 0.3 is 5.97 Å². The van der Waals surface area contributed by atoms with Crippen LogP contribution in [0.5, 0.6) is 5.75 Å². The predicted molar refractivity (Wildman–Crippen MR) is 128 cm³/mol. The molecule has 0 bridgehead atoms. The summed E-state index contributed by atoms with van der Waals surface area (Å²) in [5.74, 6) is -0.507. The molecule has 31 heavy (non-hydrogen) atoms. The van der Waals surface area contributed by atoms with E-state index in [-0.39, 0.29) is 5.56 Å². The minimum absolute atomic E-state index is 0.209. The number of rotatable bonds is 10. The maximum Gasteiger partial charge on any atom is 0.339 e. The second-order valence-corrected chi connectivity index (χ2v) is 8.82. The lowest BCUT2D eigenvalue weighted by molar-refractivity contribution is 0.0692. The third-order valence-electron chi connectivity index (χ3n) is 5.51. The zero-order chi connectivity index (χ0) is 21.6. The van der Waals surface area contributed by atoms with Crippen molar-refractivity contribution in [1.82, 2.24) is 4.98 Å². The van der Waals surface area contributed by atoms with Gasteiger partial charge in [-0.2, -0.15) is 0 Å². The van der Waals surface area contributed by atoms with Crippen LogP contribution < -0.4 is 9.64 Å². The SMILES string of the molecule is CCCCN(CCCOc1c(C(=O)O)ccc2ccccc12)c1nc2c(s1)CCC=C2. The van der Waals surface area contributed by atoms with E-state index < -0.39 is 5.97 Å². The molecule has 0 radical (unpaired) electrons. The summed E-state index contributed by atoms with van der Waals surface area (Å²) in [7, 11) is 0. The number of fused-ring (bicyclic) bond motifs is 2. The third-order valence-corrected chi connectivity index (χ3v) is 6.70. The Labute approximate surface area is 187 Å². The van der Waals surface area contributed by atoms with E-state index in [9.17, 15) is 9.90 Å². The first-order valence-corrected chi connectivity index (χ1v) is 11.8. The number of aryl methyl sites for hydroxylation is 1. The van der Waals surface area contributed by atoms with Crippen molar-refractivity contribution in [2.75, 3.05) is 24.6 Å². The largest absolute Gasteiger partial charge is 0.492 e. The monoisotopic (exact) mass is 436 g/mol. The number of ether oxygens (including phenoxy) is 1. The highest BCUT2D eigenvalue weighted by molar-refractivity contribution is 7.15. The molecule has 0 fully saturated rings. The molecule has 1 N–H and O–H groups in total. The van der Waals surface area contributed by atoms with E-state index in [1.54, 1.807) is 17.4 Å². The Bertz CT molecular complexity index is 1090. The summed E-state index contributed by atoms with van der Waals surface area (Å²) in [4.78, 5) is 20.3. The Morgan fingerprint density at radius 3 is 2.84 bits per heavy atom. The Kier molecular flexibility index (Phi) is 6.87. The summed E-state index contributed by atoms with van der Waals surface area (Å²) in [5.41, 5.74) is 1.33. The van der Waals surface area contributed by atoms with Crippen molar-refractivity contribution in [3.63, 3.8) is 0 Å². The molecule has 0 atom stereocenters. The summed E-state index contributed by atoms with van der Waals surface area (Å²) in [6, 6.07) is 11.2. The molecule has 0 spiro atoms. The van der Waals surface area contributed by atoms with E-state index in [2.05, 4.69) is 24.0 Å². The number of carboxylic acids is 1. The maximum atomic E-state index is 11.7. The second kappa shape index (κ2) is 9.96. The van der Waals surface area contributed by atoms with E-state index in [1.807, 2.05) is 30.3 Å². The highest BCUT2D eigenvalue weighted by Gasteiger charge is 2.17. The Morgan fingerprint density at radius 2 is 2.03 bits per heavy atom. The Morgan fingerprint density at radius 1 is 1.19 bits per heavy atom. The molecule has 4 rings (SSSR count). The fraction of sp³-hybridized carbons (Fsp3) is 0.360. The van der Waals surface area contributed by atoms with Crippen molar-refractivity contribution in [1.29, 1.82) is 0 Å². The molecular formula is C25H28N2O3S. The molecule has 1 aliphatic carbocycles. The number of nitrogens with zero attached hydrogens (tertiary/aromatic N) is 2. The van der Waals surface area contributed by atoms with Crippen LogP contribution in [0, 0.1) is 0 Å². The van der Waals surface area contributed by atoms with Crippen molar-refractivity contribution < 1.29 is 14.6 Å². The molecule has 2 aromatic carbocycles. The molecule has 5 nitrogen and oxygen atoms in total. The number of carboxylic acid groups (broad SMARTS) is 1. The van der Waals surface area contributed by atoms with Gasteiger partial charge in [0.25, 0.3) is 0 Å². The van der Waals surface area contributed by atoms with Crippen LogP contribution in [-0.2, 0) is 6.42 Å². The highest BCUT2D eigenvalue weighted by Crippen LogP contribution is 2.32. The summed E-state index contributed by atoms with van der Waals surface area (Å²) in [5, 5.41) is 12.5. The zero-order valence-corrected chi connectivity index (χ0v) is 18.7. The standard InChI is InChI=1S/C25H28N2O3S/c1-2-3-15-27(25-26-21-11-6-7-12-22(21)31-25)16-8-17-30-23-19-10-5-4-9-18(19)13-14-20(23)24(28)29/h4-6,9-11,13-14H,2-3,7-8,12,15-17H2,1H3,(H,28,29). The van der Waals surface area contributed by atoms with Gasteiger partial charge in [0.1, 0.15) is 11.3 Å². The molecule has 1 aliphatic rings. The fourth-order valence-corrected chi connectivity index (χ4v) is 4.97. The number of aromatic carboxylic acids is 1. The molecule has 6 heteroatoms. The van der Waals surface area contributed by atoms with Gasteiger partial charge in [-0.25, -0.2) is 9.78 Å². The minimum atomic E-state index is -0.966. The van der Waals surface area contributed by atoms with Crippen molar-refractivity contribution in [3.05, 3.63) is 58.6 Å². The van der Waals surface area contributed by atoms with Gasteiger partial charge in [0.2, 0.25) is 0 Å². The average Bonchev–Trinajstić information content (AvgIpc) is 3.22. The number of allylic oxidation sites excluding steroid dienone is 1. The molecule has 0 aliphatic heterocycles. The van der Waals surface area contributed by atoms with Crippen molar-refractivity contribution in [2.45, 2.75) is 39.0 Å². The Hall–Kier alpha value is -2.86. The summed E-state index contributed by atoms with van der Waals surface area (Å²) in [6.45, 7) is 4.47. The maximum absolute atomic E-state index is 11.7. The number of carbonyl (C=O) groups is 1. The van der Waals surface area contributed by atoms with Crippen LogP contribution in [0.3, 0.4) is 0 Å². The smallest absolute Gasteiger partial charge is 0.339 e. The van der Waals surface area contributed by atoms with Crippen LogP contribution in [0.2, 0.25) is 0 Å². The molecule has 1 heterocycles. The quantitative estimate of drug-likeness (QED) is 0.393. The lowest BCUT2D eigenvalue weighted by atomic mass is 10.1. The number of thiazole rings is 1. The van der Waals surface area contributed by atoms with Crippen LogP contribution in [0.1, 0.15) is 53.5 Å². The zero-order valence-electron chi connectivity index (χ0n) is 17.8. The first-order chi connectivity index (χ1) is 15.2. The van der Waals surface area contributed by atoms with Gasteiger partial charge in [0, 0.05) is 23.4 Å². The fourth-order valence-electron chi connectivity index (χ4n) is 3.85. The van der Waals surface area contributed by atoms with Crippen molar-refractivity contribution >= 4 is 39.3 Å². The van der Waals surface area contributed by atoms with Gasteiger partial charge in [0.15, 0.2) is 5.13 Å². The lowest BCUT2D eigenvalue weighted by Gasteiger charge is -2.22. The van der Waals surface area contributed by atoms with Gasteiger partial charge in [-0.3, -0.25) is 0 Å². The van der Waals surface area contributed by atoms with Crippen LogP contribution in [-0.4, -0.2) is 35.8 Å². The Balaban J connectivity index is 1.45. The number of hydrogen-bond acceptors (Lipinski definition) is 5. The molecule has 0 unspecified atom stereocenters. The topological polar surface area (TPSA) is 62.7 Å². The number of hydrogen-bond donors (Lipinski definition) is 1. The van der Waals surface area contributed by atoms with Crippen LogP contribution >= 0.6 is 11.3 Å². The van der Waals surface area contributed by atoms with E-state index in [0.29, 0.717) is 12.4 Å². The van der Waals surface area contributed by atoms with E-state index in [1.165, 1.54) is 4.88 Å². The number of anilines is 1. The minimum Gasteiger partial charge on any atom is -0.492 e. The van der Waals surface area contributed by atoms with Crippen molar-refractivity contribution in [2.24, 2.45) is 0 Å². The molecule has 162 valence electrons. The molecule has 1 aromatic heterocycles. The van der Waals surface area contributed by atoms with Crippen LogP contribution in [0.15, 0.2) is 42.5 Å². The lowest BCUT2D eigenvalue weighted by Crippen LogP contribution is -2.26. The molecule has 0 saturated carbocycles. The predicted octanol–water partition coefficient (Wildman–Crippen LogP) is 6.03. The normalized spacial score (nSPS) is 12.7. The molecule has 0 saturated heterocycles. The van der Waals surface area contributed by atoms with E-state index in [0.717, 1.165) is 66.8 Å². The third kappa shape index (κ3) is 4.90. The average molecular weight is 437 g/mol. The summed E-state index contributed by atoms with van der Waals surface area (Å²) < 4.78 is 6.05. The second-order valence-electron chi connectivity index (χ2n) is 7.76. The summed E-state index contributed by atoms with van der Waals surface area (Å²) in [6.07, 6.45) is 9.55. The van der Waals surface area contributed by atoms with Gasteiger partial charge in [-0.1, -0.05) is 49.8 Å². The first kappa shape index (κ1) is 21.4. The van der Waals surface area contributed by atoms with Gasteiger partial charge in [0.05, 0.1) is 12.3 Å². The molecule has 0 amide bonds. The van der Waals surface area contributed by atoms with Crippen LogP contribution in [0.4, 0.5) is 5.13 Å². The number of unbranched alkanes of at least 4 members (excludes halogenated alkanes) is 1. The van der Waals surface area contributed by atoms with Crippen molar-refractivity contribution in [3.8, 4) is 5.75 Å². The molecule has 3 aromatic rings. The summed E-state index contributed by atoms with van der Waals surface area (Å²) >= 11 is 1.80. The van der Waals surface area contributed by atoms with Gasteiger partial charge in [-0.15, -0.1) is 11.3 Å². The van der Waals surface area contributed by atoms with E-state index in [4.69, 9.17) is 9.72 Å². The first-order valence-electron chi connectivity index (χ1n) is 11.0. The van der Waals surface area contributed by atoms with Gasteiger partial charge < -0.3 is 14.7 Å². The highest BCUT2D eigenvalue weighted by atomic mass is 32.1. The van der Waals surface area contributed by atoms with E-state index >= 15 is 0 Å². The number of aromatic nitrogens is 1.